The highest BCUT2D eigenvalue weighted by molar-refractivity contribution is 5.79. The number of carbonyl (C=O) groups is 1. The van der Waals surface area contributed by atoms with E-state index in [9.17, 15) is 14.9 Å². The molecule has 116 valence electrons. The van der Waals surface area contributed by atoms with Crippen molar-refractivity contribution in [2.24, 2.45) is 11.1 Å². The molecule has 0 aliphatic carbocycles. The molecule has 1 rings (SSSR count). The Balaban J connectivity index is 2.60. The van der Waals surface area contributed by atoms with E-state index in [0.29, 0.717) is 30.9 Å². The van der Waals surface area contributed by atoms with Crippen molar-refractivity contribution >= 4 is 11.6 Å². The fourth-order valence-corrected chi connectivity index (χ4v) is 1.71. The van der Waals surface area contributed by atoms with Gasteiger partial charge in [0, 0.05) is 11.5 Å². The lowest BCUT2D eigenvalue weighted by atomic mass is 9.87. The zero-order valence-electron chi connectivity index (χ0n) is 12.4. The molecule has 0 unspecified atom stereocenters. The van der Waals surface area contributed by atoms with Gasteiger partial charge in [0.1, 0.15) is 0 Å². The summed E-state index contributed by atoms with van der Waals surface area (Å²) >= 11 is 0. The van der Waals surface area contributed by atoms with Gasteiger partial charge in [-0.1, -0.05) is 13.8 Å². The van der Waals surface area contributed by atoms with Crippen molar-refractivity contribution in [3.05, 3.63) is 28.3 Å². The van der Waals surface area contributed by atoms with Crippen LogP contribution in [0.4, 0.5) is 5.69 Å². The van der Waals surface area contributed by atoms with Gasteiger partial charge in [0.25, 0.3) is 5.69 Å². The Bertz CT molecular complexity index is 528. The minimum atomic E-state index is -0.580. The average Bonchev–Trinajstić information content (AvgIpc) is 2.43. The predicted molar refractivity (Wildman–Crippen MR) is 77.4 cm³/mol. The van der Waals surface area contributed by atoms with Crippen LogP contribution in [0, 0.1) is 15.5 Å². The Morgan fingerprint density at radius 1 is 1.38 bits per heavy atom. The van der Waals surface area contributed by atoms with Crippen molar-refractivity contribution in [2.45, 2.75) is 26.7 Å². The van der Waals surface area contributed by atoms with E-state index in [1.54, 1.807) is 13.8 Å². The summed E-state index contributed by atoms with van der Waals surface area (Å²) in [6, 6.07) is 4.16. The number of nitrogens with zero attached hydrogens (tertiary/aromatic N) is 1. The smallest absolute Gasteiger partial charge is 0.273 e. The monoisotopic (exact) mass is 296 g/mol. The first-order valence-corrected chi connectivity index (χ1v) is 6.53. The molecule has 1 amide bonds. The molecule has 0 saturated heterocycles. The Morgan fingerprint density at radius 3 is 2.57 bits per heavy atom. The largest absolute Gasteiger partial charge is 0.493 e. The molecule has 0 bridgehead atoms. The number of nitro benzene ring substituents is 1. The normalized spacial score (nSPS) is 11.0. The van der Waals surface area contributed by atoms with E-state index >= 15 is 0 Å². The van der Waals surface area contributed by atoms with Gasteiger partial charge in [-0.2, -0.15) is 0 Å². The van der Waals surface area contributed by atoms with Crippen LogP contribution in [0.15, 0.2) is 18.2 Å². The van der Waals surface area contributed by atoms with Gasteiger partial charge in [-0.3, -0.25) is 14.9 Å². The maximum absolute atomic E-state index is 11.2. The van der Waals surface area contributed by atoms with Crippen LogP contribution in [0.25, 0.3) is 0 Å². The minimum absolute atomic E-state index is 0.0611. The molecule has 0 atom stereocenters. The predicted octanol–water partition coefficient (Wildman–Crippen LogP) is 2.27. The van der Waals surface area contributed by atoms with Crippen LogP contribution < -0.4 is 15.2 Å². The molecule has 0 aliphatic rings. The van der Waals surface area contributed by atoms with Crippen molar-refractivity contribution in [1.29, 1.82) is 0 Å². The molecule has 7 heteroatoms. The molecular weight excluding hydrogens is 276 g/mol. The van der Waals surface area contributed by atoms with Gasteiger partial charge in [-0.15, -0.1) is 0 Å². The first-order valence-electron chi connectivity index (χ1n) is 6.53. The molecule has 2 N–H and O–H groups in total. The molecule has 7 nitrogen and oxygen atoms in total. The topological polar surface area (TPSA) is 105 Å². The Hall–Kier alpha value is -2.31. The lowest BCUT2D eigenvalue weighted by Gasteiger charge is -2.20. The number of primary amides is 1. The number of benzene rings is 1. The van der Waals surface area contributed by atoms with Crippen LogP contribution >= 0.6 is 0 Å². The van der Waals surface area contributed by atoms with Crippen LogP contribution in [0.2, 0.25) is 0 Å². The number of ether oxygens (including phenoxy) is 2. The van der Waals surface area contributed by atoms with E-state index in [4.69, 9.17) is 15.2 Å². The first-order chi connectivity index (χ1) is 9.77. The molecule has 1 aromatic carbocycles. The van der Waals surface area contributed by atoms with Crippen LogP contribution in [-0.4, -0.2) is 24.5 Å². The maximum atomic E-state index is 11.2. The molecule has 21 heavy (non-hydrogen) atoms. The molecule has 0 radical (unpaired) electrons. The van der Waals surface area contributed by atoms with Gasteiger partial charge in [-0.25, -0.2) is 0 Å². The van der Waals surface area contributed by atoms with E-state index in [1.165, 1.54) is 25.3 Å². The molecule has 0 aliphatic heterocycles. The summed E-state index contributed by atoms with van der Waals surface area (Å²) in [5.41, 5.74) is 4.65. The highest BCUT2D eigenvalue weighted by Crippen LogP contribution is 2.31. The summed E-state index contributed by atoms with van der Waals surface area (Å²) in [6.45, 7) is 3.93. The van der Waals surface area contributed by atoms with E-state index < -0.39 is 10.3 Å². The van der Waals surface area contributed by atoms with Crippen molar-refractivity contribution in [3.8, 4) is 11.5 Å². The third-order valence-corrected chi connectivity index (χ3v) is 3.23. The SMILES string of the molecule is COc1cc([N+](=O)[O-])ccc1OCCCC(C)(C)C(N)=O. The van der Waals surface area contributed by atoms with Crippen molar-refractivity contribution in [1.82, 2.24) is 0 Å². The number of rotatable bonds is 8. The standard InChI is InChI=1S/C14H20N2O5/c1-14(2,13(15)17)7-4-8-21-11-6-5-10(16(18)19)9-12(11)20-3/h5-6,9H,4,7-8H2,1-3H3,(H2,15,17). The fourth-order valence-electron chi connectivity index (χ4n) is 1.71. The molecule has 1 aromatic rings. The highest BCUT2D eigenvalue weighted by atomic mass is 16.6. The Kier molecular flexibility index (Phi) is 5.52. The second kappa shape index (κ2) is 6.92. The lowest BCUT2D eigenvalue weighted by Crippen LogP contribution is -2.31. The van der Waals surface area contributed by atoms with E-state index in [0.717, 1.165) is 0 Å². The number of hydrogen-bond acceptors (Lipinski definition) is 5. The Labute approximate surface area is 123 Å². The summed E-state index contributed by atoms with van der Waals surface area (Å²) in [5, 5.41) is 10.7. The summed E-state index contributed by atoms with van der Waals surface area (Å²) in [4.78, 5) is 21.4. The number of methoxy groups -OCH3 is 1. The maximum Gasteiger partial charge on any atom is 0.273 e. The number of nitro groups is 1. The fraction of sp³-hybridized carbons (Fsp3) is 0.500. The molecule has 0 heterocycles. The molecule has 0 saturated carbocycles. The molecule has 0 spiro atoms. The van der Waals surface area contributed by atoms with Gasteiger partial charge >= 0.3 is 0 Å². The number of carbonyl (C=O) groups excluding carboxylic acids is 1. The van der Waals surface area contributed by atoms with Gasteiger partial charge in [0.2, 0.25) is 5.91 Å². The van der Waals surface area contributed by atoms with Crippen LogP contribution in [0.1, 0.15) is 26.7 Å². The quantitative estimate of drug-likeness (QED) is 0.450. The second-order valence-electron chi connectivity index (χ2n) is 5.29. The minimum Gasteiger partial charge on any atom is -0.493 e. The van der Waals surface area contributed by atoms with Crippen molar-refractivity contribution in [3.63, 3.8) is 0 Å². The summed E-state index contributed by atoms with van der Waals surface area (Å²) in [6.07, 6.45) is 1.23. The summed E-state index contributed by atoms with van der Waals surface area (Å²) in [7, 11) is 1.42. The number of non-ortho nitro benzene ring substituents is 1. The zero-order valence-corrected chi connectivity index (χ0v) is 12.4. The number of amides is 1. The van der Waals surface area contributed by atoms with Gasteiger partial charge < -0.3 is 15.2 Å². The van der Waals surface area contributed by atoms with Gasteiger partial charge in [0.15, 0.2) is 11.5 Å². The van der Waals surface area contributed by atoms with Crippen LogP contribution in [0.3, 0.4) is 0 Å². The number of nitrogens with two attached hydrogens (primary N) is 1. The Morgan fingerprint density at radius 2 is 2.05 bits per heavy atom. The van der Waals surface area contributed by atoms with E-state index in [-0.39, 0.29) is 11.6 Å². The molecule has 0 fully saturated rings. The van der Waals surface area contributed by atoms with E-state index in [2.05, 4.69) is 0 Å². The van der Waals surface area contributed by atoms with Crippen LogP contribution in [-0.2, 0) is 4.79 Å². The number of hydrogen-bond donors (Lipinski definition) is 1. The van der Waals surface area contributed by atoms with Crippen molar-refractivity contribution in [2.75, 3.05) is 13.7 Å². The summed E-state index contributed by atoms with van der Waals surface area (Å²) < 4.78 is 10.6. The van der Waals surface area contributed by atoms with Crippen molar-refractivity contribution < 1.29 is 19.2 Å². The third-order valence-electron chi connectivity index (χ3n) is 3.23. The molecule has 0 aromatic heterocycles. The third kappa shape index (κ3) is 4.62. The van der Waals surface area contributed by atoms with Crippen LogP contribution in [0.5, 0.6) is 11.5 Å². The lowest BCUT2D eigenvalue weighted by molar-refractivity contribution is -0.385. The van der Waals surface area contributed by atoms with Gasteiger partial charge in [0.05, 0.1) is 24.7 Å². The second-order valence-corrected chi connectivity index (χ2v) is 5.29. The highest BCUT2D eigenvalue weighted by Gasteiger charge is 2.24. The zero-order chi connectivity index (χ0) is 16.0. The van der Waals surface area contributed by atoms with E-state index in [1.807, 2.05) is 0 Å². The molecular formula is C14H20N2O5. The average molecular weight is 296 g/mol. The first kappa shape index (κ1) is 16.7. The summed E-state index contributed by atoms with van der Waals surface area (Å²) in [5.74, 6) is 0.383. The van der Waals surface area contributed by atoms with Gasteiger partial charge in [-0.05, 0) is 18.9 Å².